The minimum Gasteiger partial charge on any atom is -0.508 e. The van der Waals surface area contributed by atoms with Crippen LogP contribution >= 0.6 is 0 Å². The van der Waals surface area contributed by atoms with E-state index in [2.05, 4.69) is 9.80 Å². The predicted octanol–water partition coefficient (Wildman–Crippen LogP) is 2.64. The number of hydrogen-bond donors (Lipinski definition) is 2. The van der Waals surface area contributed by atoms with Crippen molar-refractivity contribution in [1.29, 1.82) is 0 Å². The van der Waals surface area contributed by atoms with Gasteiger partial charge in [-0.25, -0.2) is 0 Å². The third-order valence-corrected chi connectivity index (χ3v) is 5.79. The van der Waals surface area contributed by atoms with Crippen molar-refractivity contribution in [2.45, 2.75) is 31.3 Å². The topological polar surface area (TPSA) is 46.9 Å². The Morgan fingerprint density at radius 3 is 1.56 bits per heavy atom. The summed E-state index contributed by atoms with van der Waals surface area (Å²) >= 11 is 0. The van der Waals surface area contributed by atoms with E-state index in [1.165, 1.54) is 6.42 Å². The molecule has 0 aliphatic carbocycles. The molecule has 25 heavy (non-hydrogen) atoms. The van der Waals surface area contributed by atoms with Gasteiger partial charge in [0.2, 0.25) is 0 Å². The van der Waals surface area contributed by atoms with Gasteiger partial charge in [-0.3, -0.25) is 9.80 Å². The highest BCUT2D eigenvalue weighted by atomic mass is 16.3. The number of piperazine rings is 1. The lowest BCUT2D eigenvalue weighted by atomic mass is 10.1. The first-order chi connectivity index (χ1) is 12.2. The Bertz CT molecular complexity index is 672. The maximum absolute atomic E-state index is 9.91. The molecule has 0 radical (unpaired) electrons. The van der Waals surface area contributed by atoms with E-state index in [4.69, 9.17) is 0 Å². The van der Waals surface area contributed by atoms with Crippen LogP contribution in [0.25, 0.3) is 0 Å². The number of aromatic hydroxyl groups is 2. The highest BCUT2D eigenvalue weighted by Crippen LogP contribution is 2.31. The molecule has 2 saturated heterocycles. The quantitative estimate of drug-likeness (QED) is 0.850. The average Bonchev–Trinajstić information content (AvgIpc) is 3.20. The number of phenols is 2. The lowest BCUT2D eigenvalue weighted by molar-refractivity contribution is 0.130. The van der Waals surface area contributed by atoms with Gasteiger partial charge in [-0.05, 0) is 42.5 Å². The van der Waals surface area contributed by atoms with Gasteiger partial charge >= 0.3 is 0 Å². The van der Waals surface area contributed by atoms with Gasteiger partial charge in [0.25, 0.3) is 0 Å². The molecule has 2 N–H and O–H groups in total. The molecule has 0 aromatic heterocycles. The van der Waals surface area contributed by atoms with Gasteiger partial charge in [0.05, 0.1) is 0 Å². The smallest absolute Gasteiger partial charge is 0.118 e. The Morgan fingerprint density at radius 1 is 0.720 bits per heavy atom. The van der Waals surface area contributed by atoms with Gasteiger partial charge in [0.15, 0.2) is 0 Å². The number of phenolic OH excluding ortho intramolecular Hbond substituents is 2. The fourth-order valence-corrected chi connectivity index (χ4v) is 4.35. The summed E-state index contributed by atoms with van der Waals surface area (Å²) in [5.74, 6) is 0.826. The van der Waals surface area contributed by atoms with Crippen LogP contribution in [0, 0.1) is 0 Å². The molecule has 4 heteroatoms. The summed E-state index contributed by atoms with van der Waals surface area (Å²) in [6.45, 7) is 4.29. The Morgan fingerprint density at radius 2 is 1.16 bits per heavy atom. The Labute approximate surface area is 149 Å². The zero-order valence-corrected chi connectivity index (χ0v) is 14.5. The number of rotatable bonds is 6. The standard InChI is InChI=1S/C21H26N2O2/c24-20-7-3-1-5-16(20)9-11-22-14-19-13-18(22)15-23(19)12-10-17-6-2-4-8-21(17)25/h1-8,18-19,24-25H,9-15H2/t18-,19-/m0/s1. The summed E-state index contributed by atoms with van der Waals surface area (Å²) in [5.41, 5.74) is 2.09. The van der Waals surface area contributed by atoms with Crippen molar-refractivity contribution in [1.82, 2.24) is 9.80 Å². The van der Waals surface area contributed by atoms with Gasteiger partial charge in [-0.1, -0.05) is 36.4 Å². The molecule has 2 atom stereocenters. The molecule has 4 rings (SSSR count). The second-order valence-corrected chi connectivity index (χ2v) is 7.29. The summed E-state index contributed by atoms with van der Waals surface area (Å²) in [7, 11) is 0. The van der Waals surface area contributed by atoms with Gasteiger partial charge < -0.3 is 10.2 Å². The lowest BCUT2D eigenvalue weighted by Crippen LogP contribution is -2.47. The van der Waals surface area contributed by atoms with E-state index < -0.39 is 0 Å². The molecule has 2 aliphatic heterocycles. The SMILES string of the molecule is Oc1ccccc1CCN1C[C@@H]2C[C@H]1CN2CCc1ccccc1O. The van der Waals surface area contributed by atoms with Gasteiger partial charge in [0.1, 0.15) is 11.5 Å². The molecule has 2 aromatic rings. The van der Waals surface area contributed by atoms with E-state index in [1.54, 1.807) is 12.1 Å². The van der Waals surface area contributed by atoms with E-state index >= 15 is 0 Å². The monoisotopic (exact) mass is 338 g/mol. The average molecular weight is 338 g/mol. The summed E-state index contributed by atoms with van der Waals surface area (Å²) in [5, 5.41) is 19.8. The molecule has 0 amide bonds. The zero-order chi connectivity index (χ0) is 17.2. The van der Waals surface area contributed by atoms with Crippen molar-refractivity contribution in [2.75, 3.05) is 26.2 Å². The fourth-order valence-electron chi connectivity index (χ4n) is 4.35. The van der Waals surface area contributed by atoms with Crippen LogP contribution in [0.15, 0.2) is 48.5 Å². The van der Waals surface area contributed by atoms with Gasteiger partial charge in [-0.2, -0.15) is 0 Å². The second kappa shape index (κ2) is 7.06. The van der Waals surface area contributed by atoms with Crippen molar-refractivity contribution in [3.05, 3.63) is 59.7 Å². The summed E-state index contributed by atoms with van der Waals surface area (Å²) in [6.07, 6.45) is 3.07. The van der Waals surface area contributed by atoms with E-state index in [-0.39, 0.29) is 0 Å². The summed E-state index contributed by atoms with van der Waals surface area (Å²) < 4.78 is 0. The van der Waals surface area contributed by atoms with Crippen LogP contribution in [0.1, 0.15) is 17.5 Å². The highest BCUT2D eigenvalue weighted by Gasteiger charge is 2.42. The molecular weight excluding hydrogens is 312 g/mol. The number of hydrogen-bond acceptors (Lipinski definition) is 4. The lowest BCUT2D eigenvalue weighted by Gasteiger charge is -2.34. The van der Waals surface area contributed by atoms with Crippen LogP contribution in [0.3, 0.4) is 0 Å². The molecule has 2 aliphatic rings. The second-order valence-electron chi connectivity index (χ2n) is 7.29. The first kappa shape index (κ1) is 16.4. The van der Waals surface area contributed by atoms with Gasteiger partial charge in [-0.15, -0.1) is 0 Å². The Kier molecular flexibility index (Phi) is 4.64. The van der Waals surface area contributed by atoms with Crippen LogP contribution in [0.5, 0.6) is 11.5 Å². The highest BCUT2D eigenvalue weighted by molar-refractivity contribution is 5.32. The largest absolute Gasteiger partial charge is 0.508 e. The van der Waals surface area contributed by atoms with Crippen LogP contribution in [0.2, 0.25) is 0 Å². The number of fused-ring (bicyclic) bond motifs is 2. The molecule has 4 nitrogen and oxygen atoms in total. The van der Waals surface area contributed by atoms with Gasteiger partial charge in [0, 0.05) is 38.3 Å². The van der Waals surface area contributed by atoms with Crippen LogP contribution in [-0.4, -0.2) is 58.3 Å². The molecule has 0 saturated carbocycles. The van der Waals surface area contributed by atoms with Crippen molar-refractivity contribution >= 4 is 0 Å². The van der Waals surface area contributed by atoms with E-state index in [1.807, 2.05) is 36.4 Å². The minimum atomic E-state index is 0.413. The van der Waals surface area contributed by atoms with Crippen LogP contribution in [-0.2, 0) is 12.8 Å². The van der Waals surface area contributed by atoms with Crippen molar-refractivity contribution < 1.29 is 10.2 Å². The maximum atomic E-state index is 9.91. The van der Waals surface area contributed by atoms with Crippen molar-refractivity contribution in [3.8, 4) is 11.5 Å². The Balaban J connectivity index is 1.27. The number of nitrogens with zero attached hydrogens (tertiary/aromatic N) is 2. The molecule has 0 spiro atoms. The molecule has 132 valence electrons. The first-order valence-corrected chi connectivity index (χ1v) is 9.22. The number of benzene rings is 2. The van der Waals surface area contributed by atoms with Crippen LogP contribution < -0.4 is 0 Å². The van der Waals surface area contributed by atoms with E-state index in [0.29, 0.717) is 23.6 Å². The van der Waals surface area contributed by atoms with E-state index in [0.717, 1.165) is 50.1 Å². The molecular formula is C21H26N2O2. The molecule has 2 aromatic carbocycles. The van der Waals surface area contributed by atoms with Crippen molar-refractivity contribution in [2.24, 2.45) is 0 Å². The number of likely N-dealkylation sites (tertiary alicyclic amines) is 2. The predicted molar refractivity (Wildman–Crippen MR) is 99.0 cm³/mol. The summed E-state index contributed by atoms with van der Waals surface area (Å²) in [6, 6.07) is 16.6. The number of para-hydroxylation sites is 2. The first-order valence-electron chi connectivity index (χ1n) is 9.22. The Hall–Kier alpha value is -2.04. The summed E-state index contributed by atoms with van der Waals surface area (Å²) in [4.78, 5) is 5.15. The maximum Gasteiger partial charge on any atom is 0.118 e. The molecule has 0 unspecified atom stereocenters. The third-order valence-electron chi connectivity index (χ3n) is 5.79. The molecule has 2 fully saturated rings. The normalized spacial score (nSPS) is 23.4. The van der Waals surface area contributed by atoms with Crippen LogP contribution in [0.4, 0.5) is 0 Å². The van der Waals surface area contributed by atoms with Crippen molar-refractivity contribution in [3.63, 3.8) is 0 Å². The zero-order valence-electron chi connectivity index (χ0n) is 14.5. The third kappa shape index (κ3) is 3.51. The van der Waals surface area contributed by atoms with E-state index in [9.17, 15) is 10.2 Å². The minimum absolute atomic E-state index is 0.413. The molecule has 2 heterocycles. The molecule has 2 bridgehead atoms. The fraction of sp³-hybridized carbons (Fsp3) is 0.429.